The van der Waals surface area contributed by atoms with E-state index < -0.39 is 0 Å². The van der Waals surface area contributed by atoms with Crippen molar-refractivity contribution in [1.82, 2.24) is 15.3 Å². The molecule has 0 aliphatic carbocycles. The molecule has 2 rings (SSSR count). The second-order valence-corrected chi connectivity index (χ2v) is 3.36. The molecule has 0 unspecified atom stereocenters. The Kier molecular flexibility index (Phi) is 2.67. The van der Waals surface area contributed by atoms with Crippen molar-refractivity contribution in [3.63, 3.8) is 0 Å². The number of nitrogens with zero attached hydrogens (tertiary/aromatic N) is 1. The highest BCUT2D eigenvalue weighted by atomic mass is 16.2. The lowest BCUT2D eigenvalue weighted by Crippen LogP contribution is -2.24. The predicted molar refractivity (Wildman–Crippen MR) is 58.7 cm³/mol. The Labute approximate surface area is 87.7 Å². The molecule has 0 fully saturated rings. The number of fused-ring (bicyclic) bond motifs is 1. The minimum absolute atomic E-state index is 0.145. The van der Waals surface area contributed by atoms with Crippen LogP contribution in [-0.2, 0) is 0 Å². The zero-order valence-corrected chi connectivity index (χ0v) is 8.58. The van der Waals surface area contributed by atoms with E-state index in [0.717, 1.165) is 17.5 Å². The summed E-state index contributed by atoms with van der Waals surface area (Å²) in [4.78, 5) is 18.7. The van der Waals surface area contributed by atoms with E-state index in [-0.39, 0.29) is 5.91 Å². The summed E-state index contributed by atoms with van der Waals surface area (Å²) in [6.07, 6.45) is 0.923. The van der Waals surface area contributed by atoms with Gasteiger partial charge in [-0.1, -0.05) is 19.1 Å². The molecule has 1 heterocycles. The van der Waals surface area contributed by atoms with Gasteiger partial charge < -0.3 is 10.3 Å². The number of imidazole rings is 1. The number of carbonyl (C=O) groups is 1. The third-order valence-electron chi connectivity index (χ3n) is 2.14. The van der Waals surface area contributed by atoms with Gasteiger partial charge >= 0.3 is 0 Å². The van der Waals surface area contributed by atoms with Gasteiger partial charge in [0.05, 0.1) is 11.0 Å². The van der Waals surface area contributed by atoms with Gasteiger partial charge in [0, 0.05) is 6.54 Å². The molecule has 0 spiro atoms. The van der Waals surface area contributed by atoms with Crippen molar-refractivity contribution in [3.05, 3.63) is 30.1 Å². The summed E-state index contributed by atoms with van der Waals surface area (Å²) < 4.78 is 0. The van der Waals surface area contributed by atoms with Crippen molar-refractivity contribution in [3.8, 4) is 0 Å². The Morgan fingerprint density at radius 1 is 1.47 bits per heavy atom. The van der Waals surface area contributed by atoms with Crippen molar-refractivity contribution in [2.24, 2.45) is 0 Å². The Morgan fingerprint density at radius 3 is 3.00 bits per heavy atom. The highest BCUT2D eigenvalue weighted by Crippen LogP contribution is 2.09. The quantitative estimate of drug-likeness (QED) is 0.797. The number of nitrogens with one attached hydrogen (secondary N) is 2. The van der Waals surface area contributed by atoms with E-state index >= 15 is 0 Å². The largest absolute Gasteiger partial charge is 0.349 e. The van der Waals surface area contributed by atoms with Crippen LogP contribution < -0.4 is 5.32 Å². The Morgan fingerprint density at radius 2 is 2.27 bits per heavy atom. The van der Waals surface area contributed by atoms with Gasteiger partial charge in [-0.3, -0.25) is 4.79 Å². The molecule has 0 saturated carbocycles. The molecule has 4 nitrogen and oxygen atoms in total. The molecule has 2 aromatic rings. The van der Waals surface area contributed by atoms with Crippen LogP contribution in [0, 0.1) is 0 Å². The van der Waals surface area contributed by atoms with Gasteiger partial charge in [-0.2, -0.15) is 0 Å². The highest BCUT2D eigenvalue weighted by molar-refractivity contribution is 5.94. The van der Waals surface area contributed by atoms with Crippen molar-refractivity contribution < 1.29 is 4.79 Å². The molecule has 0 aliphatic heterocycles. The molecule has 1 aromatic carbocycles. The molecule has 0 aliphatic rings. The number of amides is 1. The molecule has 0 bridgehead atoms. The number of aromatic nitrogens is 2. The fraction of sp³-hybridized carbons (Fsp3) is 0.273. The SMILES string of the molecule is CCCNC(=O)c1nc2ccccc2[nH]1. The number of hydrogen-bond acceptors (Lipinski definition) is 2. The summed E-state index contributed by atoms with van der Waals surface area (Å²) in [7, 11) is 0. The first-order valence-corrected chi connectivity index (χ1v) is 5.04. The van der Waals surface area contributed by atoms with E-state index in [2.05, 4.69) is 15.3 Å². The predicted octanol–water partition coefficient (Wildman–Crippen LogP) is 1.70. The third-order valence-corrected chi connectivity index (χ3v) is 2.14. The first-order valence-electron chi connectivity index (χ1n) is 5.04. The molecule has 0 radical (unpaired) electrons. The molecule has 4 heteroatoms. The Hall–Kier alpha value is -1.84. The van der Waals surface area contributed by atoms with Gasteiger partial charge in [-0.05, 0) is 18.6 Å². The summed E-state index contributed by atoms with van der Waals surface area (Å²) in [5.74, 6) is 0.234. The molecule has 0 atom stereocenters. The number of aromatic amines is 1. The standard InChI is InChI=1S/C11H13N3O/c1-2-7-12-11(15)10-13-8-5-3-4-6-9(8)14-10/h3-6H,2,7H2,1H3,(H,12,15)(H,13,14). The van der Waals surface area contributed by atoms with E-state index in [1.165, 1.54) is 0 Å². The van der Waals surface area contributed by atoms with Crippen LogP contribution in [0.5, 0.6) is 0 Å². The van der Waals surface area contributed by atoms with Gasteiger partial charge in [0.1, 0.15) is 0 Å². The summed E-state index contributed by atoms with van der Waals surface area (Å²) in [5.41, 5.74) is 1.71. The van der Waals surface area contributed by atoms with Crippen molar-refractivity contribution >= 4 is 16.9 Å². The second kappa shape index (κ2) is 4.13. The summed E-state index contributed by atoms with van der Waals surface area (Å²) in [6, 6.07) is 7.59. The van der Waals surface area contributed by atoms with Crippen LogP contribution in [0.2, 0.25) is 0 Å². The molecule has 15 heavy (non-hydrogen) atoms. The van der Waals surface area contributed by atoms with Crippen LogP contribution in [0.25, 0.3) is 11.0 Å². The second-order valence-electron chi connectivity index (χ2n) is 3.36. The van der Waals surface area contributed by atoms with E-state index in [0.29, 0.717) is 12.4 Å². The molecule has 0 saturated heterocycles. The maximum Gasteiger partial charge on any atom is 0.287 e. The van der Waals surface area contributed by atoms with Gasteiger partial charge in [-0.25, -0.2) is 4.98 Å². The van der Waals surface area contributed by atoms with Crippen LogP contribution in [0.4, 0.5) is 0 Å². The number of carbonyl (C=O) groups excluding carboxylic acids is 1. The lowest BCUT2D eigenvalue weighted by molar-refractivity contribution is 0.0944. The molecule has 78 valence electrons. The van der Waals surface area contributed by atoms with Crippen LogP contribution in [0.15, 0.2) is 24.3 Å². The zero-order chi connectivity index (χ0) is 10.7. The fourth-order valence-electron chi connectivity index (χ4n) is 1.38. The third kappa shape index (κ3) is 1.98. The maximum absolute atomic E-state index is 11.6. The van der Waals surface area contributed by atoms with Crippen LogP contribution in [0.1, 0.15) is 24.0 Å². The molecular formula is C11H13N3O. The fourth-order valence-corrected chi connectivity index (χ4v) is 1.38. The van der Waals surface area contributed by atoms with Crippen LogP contribution in [-0.4, -0.2) is 22.4 Å². The highest BCUT2D eigenvalue weighted by Gasteiger charge is 2.09. The Balaban J connectivity index is 2.25. The van der Waals surface area contributed by atoms with E-state index in [9.17, 15) is 4.79 Å². The van der Waals surface area contributed by atoms with Gasteiger partial charge in [-0.15, -0.1) is 0 Å². The summed E-state index contributed by atoms with van der Waals surface area (Å²) in [5, 5.41) is 2.78. The van der Waals surface area contributed by atoms with Crippen molar-refractivity contribution in [2.75, 3.05) is 6.54 Å². The van der Waals surface area contributed by atoms with Gasteiger partial charge in [0.2, 0.25) is 0 Å². The van der Waals surface area contributed by atoms with Gasteiger partial charge in [0.25, 0.3) is 5.91 Å². The monoisotopic (exact) mass is 203 g/mol. The minimum atomic E-state index is -0.145. The van der Waals surface area contributed by atoms with Crippen LogP contribution in [0.3, 0.4) is 0 Å². The minimum Gasteiger partial charge on any atom is -0.349 e. The number of hydrogen-bond donors (Lipinski definition) is 2. The smallest absolute Gasteiger partial charge is 0.287 e. The first-order chi connectivity index (χ1) is 7.31. The summed E-state index contributed by atoms with van der Waals surface area (Å²) >= 11 is 0. The lowest BCUT2D eigenvalue weighted by atomic mass is 10.3. The van der Waals surface area contributed by atoms with Crippen molar-refractivity contribution in [2.45, 2.75) is 13.3 Å². The van der Waals surface area contributed by atoms with E-state index in [1.54, 1.807) is 0 Å². The number of H-pyrrole nitrogens is 1. The van der Waals surface area contributed by atoms with Crippen LogP contribution >= 0.6 is 0 Å². The summed E-state index contributed by atoms with van der Waals surface area (Å²) in [6.45, 7) is 2.69. The number of rotatable bonds is 3. The van der Waals surface area contributed by atoms with Crippen molar-refractivity contribution in [1.29, 1.82) is 0 Å². The normalized spacial score (nSPS) is 10.5. The van der Waals surface area contributed by atoms with Gasteiger partial charge in [0.15, 0.2) is 5.82 Å². The lowest BCUT2D eigenvalue weighted by Gasteiger charge is -1.98. The number of benzene rings is 1. The average molecular weight is 203 g/mol. The first kappa shape index (κ1) is 9.71. The molecular weight excluding hydrogens is 190 g/mol. The molecule has 2 N–H and O–H groups in total. The zero-order valence-electron chi connectivity index (χ0n) is 8.58. The molecule has 1 aromatic heterocycles. The Bertz CT molecular complexity index is 442. The molecule has 1 amide bonds. The maximum atomic E-state index is 11.6. The van der Waals surface area contributed by atoms with E-state index in [1.807, 2.05) is 31.2 Å². The topological polar surface area (TPSA) is 57.8 Å². The number of para-hydroxylation sites is 2. The average Bonchev–Trinajstić information content (AvgIpc) is 2.69. The van der Waals surface area contributed by atoms with E-state index in [4.69, 9.17) is 0 Å².